The second-order valence-electron chi connectivity index (χ2n) is 5.79. The third kappa shape index (κ3) is 3.05. The predicted octanol–water partition coefficient (Wildman–Crippen LogP) is 4.35. The maximum atomic E-state index is 11.9. The lowest BCUT2D eigenvalue weighted by Gasteiger charge is -2.09. The molecule has 2 aromatic carbocycles. The summed E-state index contributed by atoms with van der Waals surface area (Å²) in [6.45, 7) is 7.32. The summed E-state index contributed by atoms with van der Waals surface area (Å²) in [6.07, 6.45) is 3.16. The molecule has 1 heterocycles. The molecular formula is C20H16N2O3S. The van der Waals surface area contributed by atoms with E-state index in [0.717, 1.165) is 16.0 Å². The van der Waals surface area contributed by atoms with E-state index in [0.29, 0.717) is 16.8 Å². The SMILES string of the molecule is [C-]#[N+]c1cn(C)c(C(=O)O)c1-c1ccc(-c2ccccc2S(C)=O)cc1. The highest BCUT2D eigenvalue weighted by Gasteiger charge is 2.21. The van der Waals surface area contributed by atoms with Crippen LogP contribution in [0, 0.1) is 6.57 Å². The molecule has 1 N–H and O–H groups in total. The monoisotopic (exact) mass is 364 g/mol. The van der Waals surface area contributed by atoms with Crippen LogP contribution in [0.2, 0.25) is 0 Å². The minimum absolute atomic E-state index is 0.0822. The lowest BCUT2D eigenvalue weighted by molar-refractivity contribution is 0.0687. The number of aryl methyl sites for hydroxylation is 1. The molecule has 130 valence electrons. The van der Waals surface area contributed by atoms with Crippen molar-refractivity contribution < 1.29 is 14.1 Å². The summed E-state index contributed by atoms with van der Waals surface area (Å²) in [5, 5.41) is 9.49. The molecule has 3 rings (SSSR count). The van der Waals surface area contributed by atoms with E-state index in [-0.39, 0.29) is 5.69 Å². The van der Waals surface area contributed by atoms with Gasteiger partial charge in [0.15, 0.2) is 0 Å². The van der Waals surface area contributed by atoms with E-state index in [9.17, 15) is 14.1 Å². The van der Waals surface area contributed by atoms with Crippen molar-refractivity contribution in [3.63, 3.8) is 0 Å². The molecule has 0 aliphatic carbocycles. The number of benzene rings is 2. The number of hydrogen-bond donors (Lipinski definition) is 1. The molecule has 1 atom stereocenters. The molecule has 3 aromatic rings. The quantitative estimate of drug-likeness (QED) is 0.700. The predicted molar refractivity (Wildman–Crippen MR) is 102 cm³/mol. The first-order valence-electron chi connectivity index (χ1n) is 7.77. The number of carboxylic acid groups (broad SMARTS) is 1. The third-order valence-electron chi connectivity index (χ3n) is 4.17. The van der Waals surface area contributed by atoms with Crippen LogP contribution >= 0.6 is 0 Å². The zero-order valence-corrected chi connectivity index (χ0v) is 15.1. The Morgan fingerprint density at radius 2 is 1.73 bits per heavy atom. The molecule has 0 radical (unpaired) electrons. The lowest BCUT2D eigenvalue weighted by Crippen LogP contribution is -2.05. The highest BCUT2D eigenvalue weighted by Crippen LogP contribution is 2.36. The van der Waals surface area contributed by atoms with Gasteiger partial charge in [-0.05, 0) is 22.8 Å². The Labute approximate surface area is 153 Å². The van der Waals surface area contributed by atoms with E-state index in [1.807, 2.05) is 36.4 Å². The molecule has 0 aliphatic rings. The summed E-state index contributed by atoms with van der Waals surface area (Å²) in [7, 11) is 0.499. The molecule has 0 aliphatic heterocycles. The van der Waals surface area contributed by atoms with Crippen molar-refractivity contribution in [2.75, 3.05) is 6.26 Å². The highest BCUT2D eigenvalue weighted by atomic mass is 32.2. The maximum Gasteiger partial charge on any atom is 0.351 e. The van der Waals surface area contributed by atoms with E-state index in [2.05, 4.69) is 4.85 Å². The average molecular weight is 364 g/mol. The molecule has 5 nitrogen and oxygen atoms in total. The van der Waals surface area contributed by atoms with Crippen molar-refractivity contribution in [2.45, 2.75) is 4.90 Å². The van der Waals surface area contributed by atoms with E-state index in [1.165, 1.54) is 10.8 Å². The van der Waals surface area contributed by atoms with Gasteiger partial charge in [-0.1, -0.05) is 42.5 Å². The zero-order valence-electron chi connectivity index (χ0n) is 14.3. The first-order chi connectivity index (χ1) is 12.4. The summed E-state index contributed by atoms with van der Waals surface area (Å²) in [6, 6.07) is 14.8. The Morgan fingerprint density at radius 3 is 2.31 bits per heavy atom. The number of aromatic nitrogens is 1. The average Bonchev–Trinajstić information content (AvgIpc) is 2.98. The molecule has 0 saturated heterocycles. The molecule has 0 fully saturated rings. The van der Waals surface area contributed by atoms with Crippen molar-refractivity contribution >= 4 is 22.5 Å². The number of rotatable bonds is 4. The lowest BCUT2D eigenvalue weighted by atomic mass is 9.99. The Balaban J connectivity index is 2.12. The first-order valence-corrected chi connectivity index (χ1v) is 9.33. The van der Waals surface area contributed by atoms with Crippen molar-refractivity contribution in [2.24, 2.45) is 7.05 Å². The summed E-state index contributed by atoms with van der Waals surface area (Å²) in [5.74, 6) is -1.08. The molecule has 1 aromatic heterocycles. The number of carbonyl (C=O) groups is 1. The van der Waals surface area contributed by atoms with Gasteiger partial charge in [0.25, 0.3) is 0 Å². The molecule has 26 heavy (non-hydrogen) atoms. The van der Waals surface area contributed by atoms with Crippen molar-refractivity contribution in [3.05, 3.63) is 71.8 Å². The van der Waals surface area contributed by atoms with Crippen LogP contribution in [-0.2, 0) is 17.8 Å². The topological polar surface area (TPSA) is 63.7 Å². The maximum absolute atomic E-state index is 11.9. The van der Waals surface area contributed by atoms with Crippen LogP contribution in [-0.4, -0.2) is 26.1 Å². The van der Waals surface area contributed by atoms with Gasteiger partial charge in [-0.2, -0.15) is 0 Å². The van der Waals surface area contributed by atoms with Crippen LogP contribution in [0.15, 0.2) is 59.6 Å². The Morgan fingerprint density at radius 1 is 1.12 bits per heavy atom. The third-order valence-corrected chi connectivity index (χ3v) is 5.14. The molecule has 0 saturated carbocycles. The zero-order chi connectivity index (χ0) is 18.8. The van der Waals surface area contributed by atoms with Gasteiger partial charge in [0, 0.05) is 30.0 Å². The van der Waals surface area contributed by atoms with Crippen LogP contribution in [0.4, 0.5) is 5.69 Å². The largest absolute Gasteiger partial charge is 0.477 e. The number of aromatic carboxylic acids is 1. The van der Waals surface area contributed by atoms with Crippen LogP contribution in [0.3, 0.4) is 0 Å². The highest BCUT2D eigenvalue weighted by molar-refractivity contribution is 7.84. The second kappa shape index (κ2) is 6.98. The van der Waals surface area contributed by atoms with Crippen LogP contribution in [0.25, 0.3) is 27.1 Å². The van der Waals surface area contributed by atoms with Gasteiger partial charge >= 0.3 is 5.97 Å². The van der Waals surface area contributed by atoms with E-state index < -0.39 is 16.8 Å². The van der Waals surface area contributed by atoms with Gasteiger partial charge in [-0.25, -0.2) is 9.64 Å². The van der Waals surface area contributed by atoms with Gasteiger partial charge in [-0.3, -0.25) is 4.21 Å². The fourth-order valence-electron chi connectivity index (χ4n) is 3.01. The minimum Gasteiger partial charge on any atom is -0.477 e. The van der Waals surface area contributed by atoms with Crippen molar-refractivity contribution in [1.29, 1.82) is 0 Å². The van der Waals surface area contributed by atoms with E-state index >= 15 is 0 Å². The molecular weight excluding hydrogens is 348 g/mol. The van der Waals surface area contributed by atoms with Gasteiger partial charge in [-0.15, -0.1) is 0 Å². The van der Waals surface area contributed by atoms with E-state index in [4.69, 9.17) is 6.57 Å². The number of hydrogen-bond acceptors (Lipinski definition) is 2. The van der Waals surface area contributed by atoms with Gasteiger partial charge in [0.2, 0.25) is 5.69 Å². The number of carboxylic acids is 1. The fourth-order valence-corrected chi connectivity index (χ4v) is 3.78. The Hall–Kier alpha value is -3.17. The summed E-state index contributed by atoms with van der Waals surface area (Å²) in [5.41, 5.74) is 3.21. The molecule has 0 amide bonds. The molecule has 6 heteroatoms. The normalized spacial score (nSPS) is 11.7. The minimum atomic E-state index is -1.11. The van der Waals surface area contributed by atoms with Gasteiger partial charge in [0.05, 0.1) is 17.4 Å². The summed E-state index contributed by atoms with van der Waals surface area (Å²) < 4.78 is 13.4. The van der Waals surface area contributed by atoms with Crippen LogP contribution < -0.4 is 0 Å². The van der Waals surface area contributed by atoms with Crippen molar-refractivity contribution in [3.8, 4) is 22.3 Å². The smallest absolute Gasteiger partial charge is 0.351 e. The number of nitrogens with zero attached hydrogens (tertiary/aromatic N) is 2. The fraction of sp³-hybridized carbons (Fsp3) is 0.100. The Kier molecular flexibility index (Phi) is 4.74. The first kappa shape index (κ1) is 17.6. The van der Waals surface area contributed by atoms with Crippen LogP contribution in [0.1, 0.15) is 10.5 Å². The van der Waals surface area contributed by atoms with Gasteiger partial charge in [0.1, 0.15) is 5.69 Å². The molecule has 0 bridgehead atoms. The van der Waals surface area contributed by atoms with Crippen LogP contribution in [0.5, 0.6) is 0 Å². The molecule has 1 unspecified atom stereocenters. The Bertz CT molecular complexity index is 1060. The summed E-state index contributed by atoms with van der Waals surface area (Å²) in [4.78, 5) is 15.8. The standard InChI is InChI=1S/C20H16N2O3S/c1-21-16-12-22(2)19(20(23)24)18(16)14-10-8-13(9-11-14)15-6-4-5-7-17(15)26(3)25/h4-12H,2-3H3,(H,23,24). The van der Waals surface area contributed by atoms with E-state index in [1.54, 1.807) is 25.4 Å². The summed E-state index contributed by atoms with van der Waals surface area (Å²) >= 11 is 0. The second-order valence-corrected chi connectivity index (χ2v) is 7.14. The van der Waals surface area contributed by atoms with Gasteiger partial charge < -0.3 is 9.67 Å². The molecule has 0 spiro atoms. The van der Waals surface area contributed by atoms with Crippen molar-refractivity contribution in [1.82, 2.24) is 4.57 Å².